The predicted molar refractivity (Wildman–Crippen MR) is 98.5 cm³/mol. The highest BCUT2D eigenvalue weighted by Crippen LogP contribution is 2.23. The van der Waals surface area contributed by atoms with Crippen molar-refractivity contribution in [2.24, 2.45) is 0 Å². The molecule has 0 saturated carbocycles. The van der Waals surface area contributed by atoms with Crippen molar-refractivity contribution in [1.29, 1.82) is 0 Å². The lowest BCUT2D eigenvalue weighted by molar-refractivity contribution is -0.153. The van der Waals surface area contributed by atoms with Gasteiger partial charge in [0.15, 0.2) is 12.3 Å². The Morgan fingerprint density at radius 3 is 2.61 bits per heavy atom. The van der Waals surface area contributed by atoms with Crippen molar-refractivity contribution in [2.75, 3.05) is 11.9 Å². The number of benzene rings is 1. The Kier molecular flexibility index (Phi) is 5.05. The molecule has 0 aliphatic carbocycles. The van der Waals surface area contributed by atoms with Crippen molar-refractivity contribution >= 4 is 17.0 Å². The normalized spacial score (nSPS) is 12.4. The van der Waals surface area contributed by atoms with Gasteiger partial charge in [0, 0.05) is 12.1 Å². The molecule has 0 aliphatic heterocycles. The van der Waals surface area contributed by atoms with Crippen molar-refractivity contribution in [3.63, 3.8) is 0 Å². The average molecular weight is 395 g/mol. The second kappa shape index (κ2) is 7.17. The molecule has 7 nitrogen and oxygen atoms in total. The fourth-order valence-corrected chi connectivity index (χ4v) is 2.62. The third kappa shape index (κ3) is 4.44. The maximum Gasteiger partial charge on any atom is 0.422 e. The van der Waals surface area contributed by atoms with E-state index in [2.05, 4.69) is 20.4 Å². The van der Waals surface area contributed by atoms with Crippen LogP contribution in [0.25, 0.3) is 11.0 Å². The van der Waals surface area contributed by atoms with Crippen molar-refractivity contribution in [3.05, 3.63) is 46.4 Å². The van der Waals surface area contributed by atoms with E-state index in [1.165, 1.54) is 12.3 Å². The lowest BCUT2D eigenvalue weighted by Gasteiger charge is -2.19. The molecule has 2 heterocycles. The van der Waals surface area contributed by atoms with Gasteiger partial charge in [0.1, 0.15) is 11.1 Å². The van der Waals surface area contributed by atoms with Crippen LogP contribution in [0.5, 0.6) is 5.75 Å². The summed E-state index contributed by atoms with van der Waals surface area (Å²) in [6.07, 6.45) is -2.97. The summed E-state index contributed by atoms with van der Waals surface area (Å²) in [4.78, 5) is 19.3. The number of nitrogens with one attached hydrogen (secondary N) is 2. The van der Waals surface area contributed by atoms with Gasteiger partial charge in [0.2, 0.25) is 5.95 Å². The quantitative estimate of drug-likeness (QED) is 0.692. The molecule has 0 radical (unpaired) electrons. The Morgan fingerprint density at radius 1 is 1.21 bits per heavy atom. The van der Waals surface area contributed by atoms with Crippen LogP contribution in [-0.2, 0) is 12.1 Å². The molecule has 0 amide bonds. The molecule has 10 heteroatoms. The summed E-state index contributed by atoms with van der Waals surface area (Å²) in [5, 5.41) is 7.51. The van der Waals surface area contributed by atoms with Crippen molar-refractivity contribution in [2.45, 2.75) is 39.0 Å². The first-order valence-electron chi connectivity index (χ1n) is 8.54. The first-order chi connectivity index (χ1) is 13.0. The summed E-state index contributed by atoms with van der Waals surface area (Å²) in [5.74, 6) is 0.296. The standard InChI is InChI=1S/C18H20F3N5O2/c1-17(2,3)26-14-12(9-23-26)15(27)25-16(24-14)22-8-11-6-4-5-7-13(11)28-10-18(19,20)21/h4-7,9H,8,10H2,1-3H3,(H2,22,24,25,27). The fourth-order valence-electron chi connectivity index (χ4n) is 2.62. The monoisotopic (exact) mass is 395 g/mol. The second-order valence-electron chi connectivity index (χ2n) is 7.24. The Bertz CT molecular complexity index is 1030. The van der Waals surface area contributed by atoms with Gasteiger partial charge in [-0.25, -0.2) is 4.68 Å². The van der Waals surface area contributed by atoms with E-state index < -0.39 is 12.8 Å². The van der Waals surface area contributed by atoms with Crippen LogP contribution in [0.1, 0.15) is 26.3 Å². The van der Waals surface area contributed by atoms with Crippen LogP contribution in [0.2, 0.25) is 0 Å². The number of hydrogen-bond acceptors (Lipinski definition) is 5. The largest absolute Gasteiger partial charge is 0.484 e. The predicted octanol–water partition coefficient (Wildman–Crippen LogP) is 3.43. The van der Waals surface area contributed by atoms with Crippen LogP contribution in [-0.4, -0.2) is 32.5 Å². The minimum absolute atomic E-state index is 0.107. The number of para-hydroxylation sites is 1. The van der Waals surface area contributed by atoms with E-state index in [4.69, 9.17) is 4.74 Å². The van der Waals surface area contributed by atoms with Crippen molar-refractivity contribution in [3.8, 4) is 5.75 Å². The number of hydrogen-bond donors (Lipinski definition) is 2. The highest BCUT2D eigenvalue weighted by atomic mass is 19.4. The van der Waals surface area contributed by atoms with E-state index in [0.717, 1.165) is 0 Å². The van der Waals surface area contributed by atoms with Gasteiger partial charge >= 0.3 is 6.18 Å². The zero-order valence-electron chi connectivity index (χ0n) is 15.6. The zero-order valence-corrected chi connectivity index (χ0v) is 15.6. The smallest absolute Gasteiger partial charge is 0.422 e. The summed E-state index contributed by atoms with van der Waals surface area (Å²) in [6, 6.07) is 6.36. The molecule has 0 aliphatic rings. The van der Waals surface area contributed by atoms with E-state index in [1.807, 2.05) is 20.8 Å². The molecule has 3 aromatic rings. The minimum atomic E-state index is -4.43. The van der Waals surface area contributed by atoms with Gasteiger partial charge in [0.25, 0.3) is 5.56 Å². The van der Waals surface area contributed by atoms with Gasteiger partial charge in [-0.05, 0) is 26.8 Å². The molecule has 0 atom stereocenters. The van der Waals surface area contributed by atoms with Crippen LogP contribution >= 0.6 is 0 Å². The van der Waals surface area contributed by atoms with Gasteiger partial charge in [-0.2, -0.15) is 23.3 Å². The molecular formula is C18H20F3N5O2. The summed E-state index contributed by atoms with van der Waals surface area (Å²) < 4.78 is 43.8. The van der Waals surface area contributed by atoms with E-state index >= 15 is 0 Å². The van der Waals surface area contributed by atoms with Crippen LogP contribution in [0.3, 0.4) is 0 Å². The third-order valence-electron chi connectivity index (χ3n) is 3.88. The first-order valence-corrected chi connectivity index (χ1v) is 8.54. The summed E-state index contributed by atoms with van der Waals surface area (Å²) in [7, 11) is 0. The molecule has 150 valence electrons. The molecular weight excluding hydrogens is 375 g/mol. The molecule has 28 heavy (non-hydrogen) atoms. The zero-order chi connectivity index (χ0) is 20.5. The maximum atomic E-state index is 12.4. The number of halogens is 3. The van der Waals surface area contributed by atoms with E-state index in [1.54, 1.807) is 22.9 Å². The number of aromatic nitrogens is 4. The lowest BCUT2D eigenvalue weighted by atomic mass is 10.1. The number of aromatic amines is 1. The number of ether oxygens (including phenoxy) is 1. The van der Waals surface area contributed by atoms with Crippen LogP contribution < -0.4 is 15.6 Å². The van der Waals surface area contributed by atoms with Crippen LogP contribution in [0.4, 0.5) is 19.1 Å². The van der Waals surface area contributed by atoms with Gasteiger partial charge in [-0.15, -0.1) is 0 Å². The molecule has 0 spiro atoms. The number of alkyl halides is 3. The molecule has 2 aromatic heterocycles. The summed E-state index contributed by atoms with van der Waals surface area (Å²) in [5.41, 5.74) is 0.182. The Balaban J connectivity index is 1.84. The number of rotatable bonds is 5. The third-order valence-corrected chi connectivity index (χ3v) is 3.88. The van der Waals surface area contributed by atoms with Gasteiger partial charge < -0.3 is 10.1 Å². The molecule has 1 aromatic carbocycles. The Labute approximate surface area is 158 Å². The molecule has 3 rings (SSSR count). The van der Waals surface area contributed by atoms with E-state index in [9.17, 15) is 18.0 Å². The number of anilines is 1. The topological polar surface area (TPSA) is 84.8 Å². The van der Waals surface area contributed by atoms with Crippen LogP contribution in [0.15, 0.2) is 35.3 Å². The maximum absolute atomic E-state index is 12.4. The molecule has 0 unspecified atom stereocenters. The minimum Gasteiger partial charge on any atom is -0.484 e. The molecule has 2 N–H and O–H groups in total. The van der Waals surface area contributed by atoms with E-state index in [-0.39, 0.29) is 29.3 Å². The first kappa shape index (κ1) is 19.7. The Hall–Kier alpha value is -3.04. The van der Waals surface area contributed by atoms with Crippen LogP contribution in [0, 0.1) is 0 Å². The van der Waals surface area contributed by atoms with Gasteiger partial charge in [-0.3, -0.25) is 9.78 Å². The van der Waals surface area contributed by atoms with E-state index in [0.29, 0.717) is 16.6 Å². The number of nitrogens with zero attached hydrogens (tertiary/aromatic N) is 3. The fraction of sp³-hybridized carbons (Fsp3) is 0.389. The number of H-pyrrole nitrogens is 1. The molecule has 0 fully saturated rings. The molecule has 0 bridgehead atoms. The summed E-state index contributed by atoms with van der Waals surface area (Å²) in [6.45, 7) is 4.54. The average Bonchev–Trinajstić information content (AvgIpc) is 3.03. The lowest BCUT2D eigenvalue weighted by Crippen LogP contribution is -2.24. The van der Waals surface area contributed by atoms with Crippen molar-refractivity contribution < 1.29 is 17.9 Å². The second-order valence-corrected chi connectivity index (χ2v) is 7.24. The highest BCUT2D eigenvalue weighted by molar-refractivity contribution is 5.74. The number of fused-ring (bicyclic) bond motifs is 1. The SMILES string of the molecule is CC(C)(C)n1ncc2c(=O)[nH]c(NCc3ccccc3OCC(F)(F)F)nc21. The van der Waals surface area contributed by atoms with Gasteiger partial charge in [-0.1, -0.05) is 18.2 Å². The Morgan fingerprint density at radius 2 is 1.93 bits per heavy atom. The summed E-state index contributed by atoms with van der Waals surface area (Å²) >= 11 is 0. The molecule has 0 saturated heterocycles. The van der Waals surface area contributed by atoms with Gasteiger partial charge in [0.05, 0.1) is 11.7 Å². The highest BCUT2D eigenvalue weighted by Gasteiger charge is 2.28. The van der Waals surface area contributed by atoms with Crippen molar-refractivity contribution in [1.82, 2.24) is 19.7 Å².